The fourth-order valence-corrected chi connectivity index (χ4v) is 5.73. The lowest BCUT2D eigenvalue weighted by Gasteiger charge is -2.26. The van der Waals surface area contributed by atoms with Crippen LogP contribution in [0, 0.1) is 6.92 Å². The van der Waals surface area contributed by atoms with Crippen molar-refractivity contribution in [3.63, 3.8) is 0 Å². The Balaban J connectivity index is 0.00000171. The van der Waals surface area contributed by atoms with Crippen LogP contribution in [0.2, 0.25) is 0 Å². The number of carbonyl (C=O) groups is 1. The van der Waals surface area contributed by atoms with E-state index >= 15 is 0 Å². The third kappa shape index (κ3) is 4.89. The Morgan fingerprint density at radius 2 is 2.03 bits per heavy atom. The van der Waals surface area contributed by atoms with Crippen LogP contribution in [0.15, 0.2) is 24.5 Å². The first-order valence-corrected chi connectivity index (χ1v) is 11.5. The van der Waals surface area contributed by atoms with Crippen molar-refractivity contribution < 1.29 is 14.3 Å². The van der Waals surface area contributed by atoms with Gasteiger partial charge in [-0.2, -0.15) is 5.10 Å². The molecule has 3 aromatic heterocycles. The van der Waals surface area contributed by atoms with Crippen LogP contribution in [-0.4, -0.2) is 59.3 Å². The summed E-state index contributed by atoms with van der Waals surface area (Å²) in [6.07, 6.45) is 1.46. The van der Waals surface area contributed by atoms with Gasteiger partial charge in [0.05, 0.1) is 30.7 Å². The second-order valence-corrected chi connectivity index (χ2v) is 9.25. The molecule has 9 nitrogen and oxygen atoms in total. The minimum Gasteiger partial charge on any atom is -0.495 e. The number of nitrogen functional groups attached to an aromatic ring is 1. The molecule has 4 aromatic rings. The van der Waals surface area contributed by atoms with Gasteiger partial charge in [-0.1, -0.05) is 6.07 Å². The van der Waals surface area contributed by atoms with Crippen LogP contribution in [0.5, 0.6) is 5.75 Å². The molecule has 0 bridgehead atoms. The number of amides is 1. The number of hydrogen-bond donors (Lipinski definition) is 2. The molecule has 1 aromatic carbocycles. The number of benzene rings is 1. The highest BCUT2D eigenvalue weighted by atomic mass is 35.5. The van der Waals surface area contributed by atoms with Gasteiger partial charge in [-0.3, -0.25) is 9.69 Å². The van der Waals surface area contributed by atoms with Crippen LogP contribution in [0.1, 0.15) is 16.8 Å². The van der Waals surface area contributed by atoms with Crippen molar-refractivity contribution in [1.82, 2.24) is 24.8 Å². The summed E-state index contributed by atoms with van der Waals surface area (Å²) in [5, 5.41) is 8.53. The normalized spacial score (nSPS) is 14.0. The molecule has 0 spiro atoms. The number of anilines is 1. The number of hydrogen-bond acceptors (Lipinski definition) is 8. The van der Waals surface area contributed by atoms with Crippen molar-refractivity contribution in [2.45, 2.75) is 20.1 Å². The van der Waals surface area contributed by atoms with Crippen molar-refractivity contribution >= 4 is 63.5 Å². The lowest BCUT2D eigenvalue weighted by atomic mass is 10.1. The van der Waals surface area contributed by atoms with Gasteiger partial charge in [0, 0.05) is 42.7 Å². The van der Waals surface area contributed by atoms with E-state index in [0.29, 0.717) is 32.1 Å². The second-order valence-electron chi connectivity index (χ2n) is 8.20. The highest BCUT2D eigenvalue weighted by Crippen LogP contribution is 2.44. The molecule has 0 aliphatic carbocycles. The quantitative estimate of drug-likeness (QED) is 0.387. The molecule has 1 saturated heterocycles. The first-order chi connectivity index (χ1) is 16.0. The number of aryl methyl sites for hydroxylation is 1. The molecular formula is C23H28Cl2N6O3S. The number of methoxy groups -OCH3 is 2. The minimum absolute atomic E-state index is 0. The second kappa shape index (κ2) is 11.0. The van der Waals surface area contributed by atoms with Gasteiger partial charge in [0.25, 0.3) is 0 Å². The van der Waals surface area contributed by atoms with E-state index in [1.54, 1.807) is 25.6 Å². The topological polar surface area (TPSA) is 107 Å². The zero-order chi connectivity index (χ0) is 23.1. The van der Waals surface area contributed by atoms with Crippen molar-refractivity contribution in [3.8, 4) is 16.2 Å². The van der Waals surface area contributed by atoms with Gasteiger partial charge in [-0.05, 0) is 30.0 Å². The molecule has 12 heteroatoms. The fourth-order valence-electron chi connectivity index (χ4n) is 4.53. The van der Waals surface area contributed by atoms with Crippen molar-refractivity contribution in [1.29, 1.82) is 0 Å². The number of rotatable bonds is 6. The molecule has 0 atom stereocenters. The maximum atomic E-state index is 12.0. The van der Waals surface area contributed by atoms with E-state index in [0.717, 1.165) is 55.2 Å². The van der Waals surface area contributed by atoms with E-state index < -0.39 is 0 Å². The fraction of sp³-hybridized carbons (Fsp3) is 0.348. The number of carbonyl (C=O) groups excluding carboxylic acids is 1. The third-order valence-electron chi connectivity index (χ3n) is 5.93. The van der Waals surface area contributed by atoms with Crippen LogP contribution >= 0.6 is 36.2 Å². The average molecular weight is 539 g/mol. The van der Waals surface area contributed by atoms with Gasteiger partial charge in [-0.25, -0.2) is 9.50 Å². The first-order valence-electron chi connectivity index (χ1n) is 10.7. The Bertz CT molecular complexity index is 1370. The largest absolute Gasteiger partial charge is 0.495 e. The lowest BCUT2D eigenvalue weighted by molar-refractivity contribution is -0.124. The van der Waals surface area contributed by atoms with Crippen LogP contribution in [0.3, 0.4) is 0 Å². The molecule has 1 aliphatic rings. The smallest absolute Gasteiger partial charge is 0.234 e. The predicted molar refractivity (Wildman–Crippen MR) is 143 cm³/mol. The lowest BCUT2D eigenvalue weighted by Crippen LogP contribution is -2.47. The Morgan fingerprint density at radius 1 is 1.23 bits per heavy atom. The molecule has 0 saturated carbocycles. The zero-order valence-electron chi connectivity index (χ0n) is 19.7. The Kier molecular flexibility index (Phi) is 8.45. The number of halogens is 2. The summed E-state index contributed by atoms with van der Waals surface area (Å²) >= 11 is 1.65. The third-order valence-corrected chi connectivity index (χ3v) is 7.12. The maximum absolute atomic E-state index is 12.0. The van der Waals surface area contributed by atoms with E-state index in [9.17, 15) is 4.79 Å². The van der Waals surface area contributed by atoms with Gasteiger partial charge >= 0.3 is 0 Å². The molecule has 35 heavy (non-hydrogen) atoms. The van der Waals surface area contributed by atoms with Crippen LogP contribution in [0.25, 0.3) is 26.0 Å². The first kappa shape index (κ1) is 27.0. The van der Waals surface area contributed by atoms with Gasteiger partial charge in [0.1, 0.15) is 17.6 Å². The van der Waals surface area contributed by atoms with Crippen LogP contribution in [-0.2, 0) is 22.7 Å². The number of nitrogens with one attached hydrogen (secondary N) is 1. The number of thiophene rings is 1. The zero-order valence-corrected chi connectivity index (χ0v) is 22.1. The van der Waals surface area contributed by atoms with Gasteiger partial charge in [0.15, 0.2) is 5.82 Å². The van der Waals surface area contributed by atoms with Crippen LogP contribution in [0.4, 0.5) is 5.82 Å². The van der Waals surface area contributed by atoms with E-state index in [4.69, 9.17) is 15.2 Å². The summed E-state index contributed by atoms with van der Waals surface area (Å²) in [4.78, 5) is 19.4. The molecule has 188 valence electrons. The van der Waals surface area contributed by atoms with Crippen molar-refractivity contribution in [3.05, 3.63) is 41.3 Å². The van der Waals surface area contributed by atoms with Crippen molar-refractivity contribution in [2.24, 2.45) is 0 Å². The summed E-state index contributed by atoms with van der Waals surface area (Å²) in [6, 6.07) is 6.36. The molecule has 0 unspecified atom stereocenters. The molecule has 1 amide bonds. The molecule has 4 heterocycles. The van der Waals surface area contributed by atoms with Gasteiger partial charge in [-0.15, -0.1) is 36.2 Å². The number of fused-ring (bicyclic) bond motifs is 2. The molecule has 1 fully saturated rings. The summed E-state index contributed by atoms with van der Waals surface area (Å²) < 4.78 is 14.2. The molecule has 3 N–H and O–H groups in total. The van der Waals surface area contributed by atoms with Crippen molar-refractivity contribution in [2.75, 3.05) is 39.6 Å². The number of aromatic nitrogens is 3. The van der Waals surface area contributed by atoms with Gasteiger partial charge in [0.2, 0.25) is 5.91 Å². The SMILES string of the molecule is COCc1c(-c2cc3cc(C)cc(OC)c3s2)c2c(N)ncnn2c1CN1CCNC(=O)C1.Cl.Cl. The summed E-state index contributed by atoms with van der Waals surface area (Å²) in [5.74, 6) is 1.28. The molecule has 1 aliphatic heterocycles. The summed E-state index contributed by atoms with van der Waals surface area (Å²) in [5.41, 5.74) is 11.2. The van der Waals surface area contributed by atoms with E-state index in [-0.39, 0.29) is 30.7 Å². The van der Waals surface area contributed by atoms with Gasteiger partial charge < -0.3 is 20.5 Å². The molecular weight excluding hydrogens is 511 g/mol. The Labute approximate surface area is 219 Å². The monoisotopic (exact) mass is 538 g/mol. The Hall–Kier alpha value is -2.63. The number of nitrogens with two attached hydrogens (primary N) is 1. The standard InChI is InChI=1S/C23H26N6O3S.2ClH/c1-13-6-14-8-18(33-22(14)17(7-13)32-3)20-15(11-31-2)16(9-28-5-4-25-19(30)10-28)29-21(20)23(24)26-12-27-29;;/h6-8,12H,4-5,9-11H2,1-3H3,(H,25,30)(H2,24,26,27);2*1H. The number of piperazine rings is 1. The minimum atomic E-state index is 0. The highest BCUT2D eigenvalue weighted by Gasteiger charge is 2.27. The summed E-state index contributed by atoms with van der Waals surface area (Å²) in [7, 11) is 3.37. The van der Waals surface area contributed by atoms with Crippen LogP contribution < -0.4 is 15.8 Å². The van der Waals surface area contributed by atoms with E-state index in [2.05, 4.69) is 39.4 Å². The van der Waals surface area contributed by atoms with E-state index in [1.165, 1.54) is 6.33 Å². The predicted octanol–water partition coefficient (Wildman–Crippen LogP) is 3.43. The molecule has 5 rings (SSSR count). The molecule has 0 radical (unpaired) electrons. The average Bonchev–Trinajstić information content (AvgIpc) is 3.33. The number of ether oxygens (including phenoxy) is 2. The maximum Gasteiger partial charge on any atom is 0.234 e. The summed E-state index contributed by atoms with van der Waals surface area (Å²) in [6.45, 7) is 4.73. The highest BCUT2D eigenvalue weighted by molar-refractivity contribution is 7.22. The number of nitrogens with zero attached hydrogens (tertiary/aromatic N) is 4. The van der Waals surface area contributed by atoms with E-state index in [1.807, 2.05) is 10.6 Å². The Morgan fingerprint density at radius 3 is 2.74 bits per heavy atom.